The van der Waals surface area contributed by atoms with Crippen molar-refractivity contribution in [2.45, 2.75) is 64.7 Å². The Morgan fingerprint density at radius 3 is 2.47 bits per heavy atom. The van der Waals surface area contributed by atoms with Gasteiger partial charge in [-0.25, -0.2) is 4.79 Å². The van der Waals surface area contributed by atoms with Gasteiger partial charge in [0.1, 0.15) is 6.10 Å². The van der Waals surface area contributed by atoms with E-state index >= 15 is 0 Å². The smallest absolute Gasteiger partial charge is 0.411 e. The van der Waals surface area contributed by atoms with Crippen LogP contribution < -0.4 is 10.6 Å². The molecule has 2 saturated carbocycles. The normalized spacial score (nSPS) is 30.7. The van der Waals surface area contributed by atoms with Crippen molar-refractivity contribution in [3.63, 3.8) is 0 Å². The van der Waals surface area contributed by atoms with Gasteiger partial charge in [-0.3, -0.25) is 10.1 Å². The Labute approximate surface area is 233 Å². The molecule has 2 aromatic carbocycles. The lowest BCUT2D eigenvalue weighted by atomic mass is 9.46. The molecule has 0 aliphatic heterocycles. The van der Waals surface area contributed by atoms with Crippen molar-refractivity contribution < 1.29 is 24.5 Å². The Bertz CT molecular complexity index is 1150. The molecule has 2 fully saturated rings. The highest BCUT2D eigenvalue weighted by Crippen LogP contribution is 2.61. The van der Waals surface area contributed by atoms with Crippen LogP contribution in [0.15, 0.2) is 48.5 Å². The van der Waals surface area contributed by atoms with E-state index in [0.717, 1.165) is 5.56 Å². The molecule has 7 nitrogen and oxygen atoms in total. The second-order valence-electron chi connectivity index (χ2n) is 11.1. The average molecular weight is 564 g/mol. The maximum Gasteiger partial charge on any atom is 0.411 e. The predicted octanol–water partition coefficient (Wildman–Crippen LogP) is 5.80. The second kappa shape index (κ2) is 11.8. The second-order valence-corrected chi connectivity index (χ2v) is 11.9. The Balaban J connectivity index is 1.45. The average Bonchev–Trinajstić information content (AvgIpc) is 2.89. The minimum Gasteiger partial charge on any atom is -0.445 e. The maximum atomic E-state index is 12.9. The summed E-state index contributed by atoms with van der Waals surface area (Å²) in [5.74, 6) is -0.425. The first-order valence-corrected chi connectivity index (χ1v) is 13.8. The van der Waals surface area contributed by atoms with E-state index in [-0.39, 0.29) is 30.8 Å². The van der Waals surface area contributed by atoms with Crippen molar-refractivity contribution in [2.24, 2.45) is 22.7 Å². The molecule has 206 valence electrons. The number of nitrogens with one attached hydrogen (secondary N) is 2. The van der Waals surface area contributed by atoms with Gasteiger partial charge in [0.2, 0.25) is 5.91 Å². The molecule has 4 rings (SSSR count). The molecule has 2 amide bonds. The minimum absolute atomic E-state index is 0.0492. The Kier molecular flexibility index (Phi) is 8.92. The molecular weight excluding hydrogens is 527 g/mol. The summed E-state index contributed by atoms with van der Waals surface area (Å²) in [6.07, 6.45) is 0.781. The van der Waals surface area contributed by atoms with Crippen LogP contribution in [0.1, 0.15) is 51.5 Å². The number of hydrogen-bond donors (Lipinski definition) is 4. The van der Waals surface area contributed by atoms with Crippen LogP contribution in [0.4, 0.5) is 10.5 Å². The van der Waals surface area contributed by atoms with E-state index in [1.807, 2.05) is 37.3 Å². The van der Waals surface area contributed by atoms with Crippen LogP contribution in [0.25, 0.3) is 0 Å². The molecule has 0 bridgehead atoms. The highest BCUT2D eigenvalue weighted by molar-refractivity contribution is 6.42. The number of carbonyl (C=O) groups is 2. The molecule has 6 atom stereocenters. The molecule has 0 saturated heterocycles. The van der Waals surface area contributed by atoms with Crippen LogP contribution in [0.2, 0.25) is 10.0 Å². The summed E-state index contributed by atoms with van der Waals surface area (Å²) >= 11 is 12.0. The molecule has 2 aromatic rings. The van der Waals surface area contributed by atoms with Crippen molar-refractivity contribution >= 4 is 40.9 Å². The molecule has 38 heavy (non-hydrogen) atoms. The number of hydrogen-bond acceptors (Lipinski definition) is 5. The van der Waals surface area contributed by atoms with Gasteiger partial charge in [-0.1, -0.05) is 67.4 Å². The first kappa shape index (κ1) is 28.7. The lowest BCUT2D eigenvalue weighted by Gasteiger charge is -2.60. The van der Waals surface area contributed by atoms with Gasteiger partial charge in [0.15, 0.2) is 0 Å². The molecule has 0 unspecified atom stereocenters. The molecule has 0 spiro atoms. The van der Waals surface area contributed by atoms with Crippen molar-refractivity contribution in [3.05, 3.63) is 64.1 Å². The van der Waals surface area contributed by atoms with Gasteiger partial charge in [0, 0.05) is 24.1 Å². The lowest BCUT2D eigenvalue weighted by Crippen LogP contribution is -2.61. The van der Waals surface area contributed by atoms with Crippen LogP contribution in [0.5, 0.6) is 0 Å². The first-order chi connectivity index (χ1) is 18.1. The van der Waals surface area contributed by atoms with E-state index in [4.69, 9.17) is 27.9 Å². The topological polar surface area (TPSA) is 108 Å². The van der Waals surface area contributed by atoms with Crippen LogP contribution in [0, 0.1) is 22.7 Å². The summed E-state index contributed by atoms with van der Waals surface area (Å²) in [7, 11) is 0. The van der Waals surface area contributed by atoms with Gasteiger partial charge in [-0.2, -0.15) is 0 Å². The fourth-order valence-corrected chi connectivity index (χ4v) is 7.00. The van der Waals surface area contributed by atoms with Crippen LogP contribution in [-0.2, 0) is 16.1 Å². The zero-order valence-corrected chi connectivity index (χ0v) is 23.3. The Morgan fingerprint density at radius 2 is 1.79 bits per heavy atom. The van der Waals surface area contributed by atoms with Gasteiger partial charge >= 0.3 is 6.09 Å². The summed E-state index contributed by atoms with van der Waals surface area (Å²) < 4.78 is 5.87. The first-order valence-electron chi connectivity index (χ1n) is 13.1. The number of rotatable bonds is 7. The molecule has 4 N–H and O–H groups in total. The summed E-state index contributed by atoms with van der Waals surface area (Å²) in [4.78, 5) is 25.7. The number of ether oxygens (including phenoxy) is 1. The molecule has 9 heteroatoms. The van der Waals surface area contributed by atoms with E-state index < -0.39 is 29.1 Å². The lowest BCUT2D eigenvalue weighted by molar-refractivity contribution is -0.185. The summed E-state index contributed by atoms with van der Waals surface area (Å²) in [6.45, 7) is 4.30. The number of carbonyl (C=O) groups excluding carboxylic acids is 2. The number of anilines is 1. The number of aliphatic hydroxyl groups excluding tert-OH is 2. The van der Waals surface area contributed by atoms with Crippen molar-refractivity contribution in [2.75, 3.05) is 11.9 Å². The minimum atomic E-state index is -0.735. The van der Waals surface area contributed by atoms with E-state index in [2.05, 4.69) is 17.6 Å². The fraction of sp³-hybridized carbons (Fsp3) is 0.517. The van der Waals surface area contributed by atoms with Crippen molar-refractivity contribution in [3.8, 4) is 0 Å². The predicted molar refractivity (Wildman–Crippen MR) is 148 cm³/mol. The number of halogens is 2. The summed E-state index contributed by atoms with van der Waals surface area (Å²) in [6, 6.07) is 14.5. The number of amides is 2. The number of aliphatic hydroxyl groups is 2. The monoisotopic (exact) mass is 562 g/mol. The number of benzene rings is 2. The third-order valence-electron chi connectivity index (χ3n) is 8.83. The molecule has 0 aromatic heterocycles. The molecular formula is C29H36Cl2N2O5. The summed E-state index contributed by atoms with van der Waals surface area (Å²) in [5.41, 5.74) is 0.331. The maximum absolute atomic E-state index is 12.9. The van der Waals surface area contributed by atoms with Crippen molar-refractivity contribution in [1.29, 1.82) is 0 Å². The zero-order valence-electron chi connectivity index (χ0n) is 21.8. The van der Waals surface area contributed by atoms with Crippen LogP contribution in [-0.4, -0.2) is 41.0 Å². The largest absolute Gasteiger partial charge is 0.445 e. The fourth-order valence-electron chi connectivity index (χ4n) is 6.70. The number of fused-ring (bicyclic) bond motifs is 1. The molecule has 0 radical (unpaired) electrons. The van der Waals surface area contributed by atoms with E-state index in [0.29, 0.717) is 48.0 Å². The Morgan fingerprint density at radius 1 is 1.05 bits per heavy atom. The van der Waals surface area contributed by atoms with E-state index in [1.165, 1.54) is 0 Å². The van der Waals surface area contributed by atoms with E-state index in [1.54, 1.807) is 18.2 Å². The highest BCUT2D eigenvalue weighted by Gasteiger charge is 2.60. The SMILES string of the molecule is C[C@]1(CO)[C@@H]2CC[C@@H](O)[C@H](CC(=O)NCc3ccccc3)[C@]2(C)CC[C@H]1OC(=O)Nc1ccc(Cl)c(Cl)c1. The zero-order chi connectivity index (χ0) is 27.5. The highest BCUT2D eigenvalue weighted by atomic mass is 35.5. The van der Waals surface area contributed by atoms with Crippen LogP contribution in [0.3, 0.4) is 0 Å². The van der Waals surface area contributed by atoms with Gasteiger partial charge in [-0.15, -0.1) is 0 Å². The molecule has 0 heterocycles. The van der Waals surface area contributed by atoms with Crippen molar-refractivity contribution in [1.82, 2.24) is 5.32 Å². The van der Waals surface area contributed by atoms with Gasteiger partial charge in [0.25, 0.3) is 0 Å². The van der Waals surface area contributed by atoms with Gasteiger partial charge in [-0.05, 0) is 66.7 Å². The van der Waals surface area contributed by atoms with Gasteiger partial charge < -0.3 is 20.3 Å². The third kappa shape index (κ3) is 5.96. The van der Waals surface area contributed by atoms with E-state index in [9.17, 15) is 19.8 Å². The quantitative estimate of drug-likeness (QED) is 0.341. The standard InChI is InChI=1S/C29H36Cl2N2O5/c1-28-13-12-25(38-27(37)33-19-8-9-21(30)22(31)14-19)29(2,17-34)24(28)11-10-23(35)20(28)15-26(36)32-16-18-6-4-3-5-7-18/h3-9,14,20,23-25,34-35H,10-13,15-17H2,1-2H3,(H,32,36)(H,33,37)/t20-,23+,24+,25+,28-,29-/m0/s1. The van der Waals surface area contributed by atoms with Crippen LogP contribution >= 0.6 is 23.2 Å². The molecule has 2 aliphatic carbocycles. The Hall–Kier alpha value is -2.32. The molecule has 2 aliphatic rings. The third-order valence-corrected chi connectivity index (χ3v) is 9.57. The van der Waals surface area contributed by atoms with Gasteiger partial charge in [0.05, 0.1) is 22.8 Å². The summed E-state index contributed by atoms with van der Waals surface area (Å²) in [5, 5.41) is 28.0.